The Kier molecular flexibility index (Phi) is 6.56. The second kappa shape index (κ2) is 8.65. The number of carbonyl (C=O) groups is 2. The summed E-state index contributed by atoms with van der Waals surface area (Å²) in [4.78, 5) is 33.8. The molecular weight excluding hydrogens is 316 g/mol. The SMILES string of the molecule is CCCN(CCC)C(=O)c1nc(C(=O)N(CC)CC)c2ccccn12. The number of imidazole rings is 1. The van der Waals surface area contributed by atoms with Crippen LogP contribution < -0.4 is 0 Å². The van der Waals surface area contributed by atoms with E-state index in [0.717, 1.165) is 12.8 Å². The molecule has 2 heterocycles. The van der Waals surface area contributed by atoms with E-state index in [4.69, 9.17) is 0 Å². The van der Waals surface area contributed by atoms with Gasteiger partial charge in [-0.05, 0) is 38.8 Å². The van der Waals surface area contributed by atoms with Crippen LogP contribution in [0.25, 0.3) is 5.52 Å². The van der Waals surface area contributed by atoms with Crippen molar-refractivity contribution in [2.75, 3.05) is 26.2 Å². The molecule has 0 saturated heterocycles. The third kappa shape index (κ3) is 3.83. The van der Waals surface area contributed by atoms with Crippen molar-refractivity contribution in [3.05, 3.63) is 35.9 Å². The first-order valence-corrected chi connectivity index (χ1v) is 9.14. The average Bonchev–Trinajstić information content (AvgIpc) is 3.01. The van der Waals surface area contributed by atoms with Gasteiger partial charge >= 0.3 is 0 Å². The summed E-state index contributed by atoms with van der Waals surface area (Å²) in [6.45, 7) is 10.6. The highest BCUT2D eigenvalue weighted by Gasteiger charge is 2.26. The Bertz CT molecular complexity index is 728. The van der Waals surface area contributed by atoms with Crippen LogP contribution in [0.2, 0.25) is 0 Å². The van der Waals surface area contributed by atoms with Gasteiger partial charge in [0, 0.05) is 32.4 Å². The Morgan fingerprint density at radius 1 is 0.960 bits per heavy atom. The quantitative estimate of drug-likeness (QED) is 0.739. The second-order valence-electron chi connectivity index (χ2n) is 6.01. The molecule has 0 radical (unpaired) electrons. The molecule has 6 nitrogen and oxygen atoms in total. The zero-order chi connectivity index (χ0) is 18.4. The number of rotatable bonds is 8. The van der Waals surface area contributed by atoms with Gasteiger partial charge in [0.2, 0.25) is 5.82 Å². The van der Waals surface area contributed by atoms with Gasteiger partial charge in [-0.1, -0.05) is 19.9 Å². The molecule has 2 amide bonds. The van der Waals surface area contributed by atoms with Gasteiger partial charge < -0.3 is 9.80 Å². The Labute approximate surface area is 149 Å². The van der Waals surface area contributed by atoms with Crippen LogP contribution in [-0.2, 0) is 0 Å². The lowest BCUT2D eigenvalue weighted by atomic mass is 10.3. The van der Waals surface area contributed by atoms with E-state index in [9.17, 15) is 9.59 Å². The average molecular weight is 344 g/mol. The molecule has 6 heteroatoms. The van der Waals surface area contributed by atoms with E-state index in [1.54, 1.807) is 15.5 Å². The summed E-state index contributed by atoms with van der Waals surface area (Å²) in [5.41, 5.74) is 1.02. The molecule has 0 unspecified atom stereocenters. The summed E-state index contributed by atoms with van der Waals surface area (Å²) < 4.78 is 1.73. The molecule has 2 aromatic heterocycles. The summed E-state index contributed by atoms with van der Waals surface area (Å²) in [6.07, 6.45) is 3.57. The smallest absolute Gasteiger partial charge is 0.290 e. The van der Waals surface area contributed by atoms with E-state index < -0.39 is 0 Å². The molecule has 136 valence electrons. The number of fused-ring (bicyclic) bond motifs is 1. The molecule has 2 rings (SSSR count). The van der Waals surface area contributed by atoms with Gasteiger partial charge in [0.1, 0.15) is 0 Å². The van der Waals surface area contributed by atoms with Gasteiger partial charge in [0.25, 0.3) is 11.8 Å². The lowest BCUT2D eigenvalue weighted by Gasteiger charge is -2.20. The second-order valence-corrected chi connectivity index (χ2v) is 6.01. The van der Waals surface area contributed by atoms with Gasteiger partial charge in [-0.25, -0.2) is 4.98 Å². The number of hydrogen-bond donors (Lipinski definition) is 0. The van der Waals surface area contributed by atoms with Crippen molar-refractivity contribution in [1.29, 1.82) is 0 Å². The minimum atomic E-state index is -0.134. The molecule has 0 aliphatic rings. The number of amides is 2. The molecule has 0 atom stereocenters. The van der Waals surface area contributed by atoms with Gasteiger partial charge in [-0.15, -0.1) is 0 Å². The maximum absolute atomic E-state index is 13.0. The lowest BCUT2D eigenvalue weighted by molar-refractivity contribution is 0.0742. The molecule has 0 N–H and O–H groups in total. The fourth-order valence-corrected chi connectivity index (χ4v) is 3.00. The third-order valence-electron chi connectivity index (χ3n) is 4.27. The van der Waals surface area contributed by atoms with E-state index in [2.05, 4.69) is 18.8 Å². The van der Waals surface area contributed by atoms with E-state index >= 15 is 0 Å². The number of aromatic nitrogens is 2. The first-order chi connectivity index (χ1) is 12.1. The molecule has 0 aliphatic carbocycles. The molecule has 0 aromatic carbocycles. The van der Waals surface area contributed by atoms with Crippen LogP contribution in [0.4, 0.5) is 0 Å². The molecule has 0 aliphatic heterocycles. The molecular formula is C19H28N4O2. The number of hydrogen-bond acceptors (Lipinski definition) is 3. The van der Waals surface area contributed by atoms with Crippen LogP contribution in [0.5, 0.6) is 0 Å². The maximum atomic E-state index is 13.0. The fraction of sp³-hybridized carbons (Fsp3) is 0.526. The van der Waals surface area contributed by atoms with Crippen LogP contribution in [0.3, 0.4) is 0 Å². The first-order valence-electron chi connectivity index (χ1n) is 9.14. The lowest BCUT2D eigenvalue weighted by Crippen LogP contribution is -2.34. The van der Waals surface area contributed by atoms with E-state index in [1.807, 2.05) is 36.9 Å². The highest BCUT2D eigenvalue weighted by Crippen LogP contribution is 2.17. The topological polar surface area (TPSA) is 57.9 Å². The zero-order valence-corrected chi connectivity index (χ0v) is 15.7. The van der Waals surface area contributed by atoms with Crippen molar-refractivity contribution in [1.82, 2.24) is 19.2 Å². The van der Waals surface area contributed by atoms with Crippen LogP contribution in [-0.4, -0.2) is 57.2 Å². The van der Waals surface area contributed by atoms with Crippen molar-refractivity contribution >= 4 is 17.3 Å². The van der Waals surface area contributed by atoms with Gasteiger partial charge in [-0.3, -0.25) is 14.0 Å². The summed E-state index contributed by atoms with van der Waals surface area (Å²) in [7, 11) is 0. The number of pyridine rings is 1. The predicted molar refractivity (Wildman–Crippen MR) is 98.9 cm³/mol. The maximum Gasteiger partial charge on any atom is 0.290 e. The normalized spacial score (nSPS) is 10.9. The van der Waals surface area contributed by atoms with Gasteiger partial charge in [0.15, 0.2) is 5.69 Å². The highest BCUT2D eigenvalue weighted by molar-refractivity contribution is 6.02. The third-order valence-corrected chi connectivity index (χ3v) is 4.27. The molecule has 0 fully saturated rings. The summed E-state index contributed by atoms with van der Waals surface area (Å²) in [5, 5.41) is 0. The molecule has 0 saturated carbocycles. The molecule has 0 spiro atoms. The Morgan fingerprint density at radius 2 is 1.60 bits per heavy atom. The van der Waals surface area contributed by atoms with E-state index in [-0.39, 0.29) is 11.8 Å². The largest absolute Gasteiger partial charge is 0.338 e. The Hall–Kier alpha value is -2.37. The Balaban J connectivity index is 2.51. The van der Waals surface area contributed by atoms with Crippen molar-refractivity contribution < 1.29 is 9.59 Å². The fourth-order valence-electron chi connectivity index (χ4n) is 3.00. The highest BCUT2D eigenvalue weighted by atomic mass is 16.2. The summed E-state index contributed by atoms with van der Waals surface area (Å²) in [5.74, 6) is 0.0572. The minimum absolute atomic E-state index is 0.122. The molecule has 25 heavy (non-hydrogen) atoms. The molecule has 0 bridgehead atoms. The monoisotopic (exact) mass is 344 g/mol. The Morgan fingerprint density at radius 3 is 2.16 bits per heavy atom. The minimum Gasteiger partial charge on any atom is -0.338 e. The van der Waals surface area contributed by atoms with Gasteiger partial charge in [-0.2, -0.15) is 0 Å². The van der Waals surface area contributed by atoms with Crippen LogP contribution >= 0.6 is 0 Å². The van der Waals surface area contributed by atoms with Crippen LogP contribution in [0.15, 0.2) is 24.4 Å². The van der Waals surface area contributed by atoms with Crippen LogP contribution in [0, 0.1) is 0 Å². The first kappa shape index (κ1) is 19.0. The predicted octanol–water partition coefficient (Wildman–Crippen LogP) is 3.08. The zero-order valence-electron chi connectivity index (χ0n) is 15.7. The number of carbonyl (C=O) groups excluding carboxylic acids is 2. The summed E-state index contributed by atoms with van der Waals surface area (Å²) in [6, 6.07) is 5.55. The van der Waals surface area contributed by atoms with Crippen molar-refractivity contribution in [2.45, 2.75) is 40.5 Å². The van der Waals surface area contributed by atoms with E-state index in [1.165, 1.54) is 0 Å². The van der Waals surface area contributed by atoms with Crippen molar-refractivity contribution in [3.8, 4) is 0 Å². The van der Waals surface area contributed by atoms with Crippen molar-refractivity contribution in [3.63, 3.8) is 0 Å². The summed E-state index contributed by atoms with van der Waals surface area (Å²) >= 11 is 0. The van der Waals surface area contributed by atoms with Gasteiger partial charge in [0.05, 0.1) is 5.52 Å². The molecule has 2 aromatic rings. The van der Waals surface area contributed by atoms with Crippen LogP contribution in [0.1, 0.15) is 61.6 Å². The number of nitrogens with zero attached hydrogens (tertiary/aromatic N) is 4. The standard InChI is InChI=1S/C19H28N4O2/c1-5-12-22(13-6-2)19(25)17-20-16(18(24)21(7-3)8-4)15-11-9-10-14-23(15)17/h9-11,14H,5-8,12-13H2,1-4H3. The van der Waals surface area contributed by atoms with E-state index in [0.29, 0.717) is 43.2 Å². The van der Waals surface area contributed by atoms with Crippen molar-refractivity contribution in [2.24, 2.45) is 0 Å².